The summed E-state index contributed by atoms with van der Waals surface area (Å²) in [6, 6.07) is 16.2. The summed E-state index contributed by atoms with van der Waals surface area (Å²) in [6.45, 7) is 4.21. The molecule has 0 saturated heterocycles. The van der Waals surface area contributed by atoms with E-state index in [1.54, 1.807) is 20.3 Å². The fourth-order valence-corrected chi connectivity index (χ4v) is 2.82. The fourth-order valence-electron chi connectivity index (χ4n) is 2.82. The lowest BCUT2D eigenvalue weighted by Gasteiger charge is -2.19. The standard InChI is InChI=1S/C21H23NO2/c1-15(2)21-19(23-3)13-18(14-20(21)24-4)17(10-11-22)12-16-8-6-5-7-9-16/h5-10,13-15H,12H2,1-4H3/b17-10+. The highest BCUT2D eigenvalue weighted by molar-refractivity contribution is 5.73. The zero-order valence-electron chi connectivity index (χ0n) is 14.7. The summed E-state index contributed by atoms with van der Waals surface area (Å²) in [7, 11) is 3.32. The number of hydrogen-bond donors (Lipinski definition) is 0. The van der Waals surface area contributed by atoms with E-state index in [1.165, 1.54) is 0 Å². The molecule has 0 bridgehead atoms. The molecule has 0 amide bonds. The Kier molecular flexibility index (Phi) is 6.03. The van der Waals surface area contributed by atoms with E-state index in [4.69, 9.17) is 9.47 Å². The van der Waals surface area contributed by atoms with E-state index < -0.39 is 0 Å². The van der Waals surface area contributed by atoms with Gasteiger partial charge >= 0.3 is 0 Å². The Balaban J connectivity index is 2.51. The van der Waals surface area contributed by atoms with Crippen LogP contribution in [0.4, 0.5) is 0 Å². The molecule has 0 fully saturated rings. The lowest BCUT2D eigenvalue weighted by atomic mass is 9.93. The first-order valence-corrected chi connectivity index (χ1v) is 7.99. The molecule has 0 spiro atoms. The van der Waals surface area contributed by atoms with Crippen molar-refractivity contribution < 1.29 is 9.47 Å². The SMILES string of the molecule is COc1cc(/C(=C/C#N)Cc2ccccc2)cc(OC)c1C(C)C. The van der Waals surface area contributed by atoms with Crippen LogP contribution in [0.15, 0.2) is 48.5 Å². The van der Waals surface area contributed by atoms with Gasteiger partial charge in [0.05, 0.1) is 20.3 Å². The molecule has 0 atom stereocenters. The van der Waals surface area contributed by atoms with Crippen LogP contribution in [0.3, 0.4) is 0 Å². The lowest BCUT2D eigenvalue weighted by Crippen LogP contribution is -2.01. The van der Waals surface area contributed by atoms with Crippen molar-refractivity contribution in [3.8, 4) is 17.6 Å². The molecule has 3 nitrogen and oxygen atoms in total. The topological polar surface area (TPSA) is 42.2 Å². The van der Waals surface area contributed by atoms with Crippen LogP contribution in [0.25, 0.3) is 5.57 Å². The minimum absolute atomic E-state index is 0.279. The third kappa shape index (κ3) is 3.97. The van der Waals surface area contributed by atoms with Gasteiger partial charge in [-0.15, -0.1) is 0 Å². The van der Waals surface area contributed by atoms with Gasteiger partial charge in [0.25, 0.3) is 0 Å². The van der Waals surface area contributed by atoms with Crippen molar-refractivity contribution in [2.75, 3.05) is 14.2 Å². The Bertz CT molecular complexity index is 730. The second kappa shape index (κ2) is 8.21. The Labute approximate surface area is 144 Å². The summed E-state index contributed by atoms with van der Waals surface area (Å²) < 4.78 is 11.2. The van der Waals surface area contributed by atoms with Gasteiger partial charge in [0.1, 0.15) is 11.5 Å². The molecular weight excluding hydrogens is 298 g/mol. The second-order valence-electron chi connectivity index (χ2n) is 5.91. The van der Waals surface area contributed by atoms with Gasteiger partial charge in [0.2, 0.25) is 0 Å². The van der Waals surface area contributed by atoms with E-state index in [9.17, 15) is 5.26 Å². The molecule has 2 aromatic carbocycles. The average molecular weight is 321 g/mol. The smallest absolute Gasteiger partial charge is 0.126 e. The van der Waals surface area contributed by atoms with Crippen molar-refractivity contribution in [2.24, 2.45) is 0 Å². The van der Waals surface area contributed by atoms with Crippen LogP contribution in [-0.4, -0.2) is 14.2 Å². The fraction of sp³-hybridized carbons (Fsp3) is 0.286. The minimum atomic E-state index is 0.279. The molecule has 0 N–H and O–H groups in total. The number of hydrogen-bond acceptors (Lipinski definition) is 3. The van der Waals surface area contributed by atoms with Gasteiger partial charge in [-0.2, -0.15) is 5.26 Å². The monoisotopic (exact) mass is 321 g/mol. The van der Waals surface area contributed by atoms with Crippen molar-refractivity contribution in [1.29, 1.82) is 5.26 Å². The zero-order valence-corrected chi connectivity index (χ0v) is 14.7. The quantitative estimate of drug-likeness (QED) is 0.705. The van der Waals surface area contributed by atoms with Gasteiger partial charge in [-0.05, 0) is 41.2 Å². The van der Waals surface area contributed by atoms with E-state index in [0.717, 1.165) is 33.8 Å². The molecule has 24 heavy (non-hydrogen) atoms. The first-order chi connectivity index (χ1) is 11.6. The molecule has 0 heterocycles. The molecule has 0 aliphatic carbocycles. The first kappa shape index (κ1) is 17.6. The van der Waals surface area contributed by atoms with Gasteiger partial charge < -0.3 is 9.47 Å². The van der Waals surface area contributed by atoms with Crippen molar-refractivity contribution >= 4 is 5.57 Å². The number of methoxy groups -OCH3 is 2. The molecule has 0 aromatic heterocycles. The molecule has 2 aromatic rings. The number of rotatable bonds is 6. The highest BCUT2D eigenvalue weighted by Gasteiger charge is 2.17. The third-order valence-corrected chi connectivity index (χ3v) is 3.97. The molecule has 3 heteroatoms. The molecule has 2 rings (SSSR count). The van der Waals surface area contributed by atoms with E-state index >= 15 is 0 Å². The molecule has 0 saturated carbocycles. The van der Waals surface area contributed by atoms with Crippen molar-refractivity contribution in [1.82, 2.24) is 0 Å². The van der Waals surface area contributed by atoms with Crippen LogP contribution in [0.2, 0.25) is 0 Å². The molecular formula is C21H23NO2. The van der Waals surface area contributed by atoms with Crippen LogP contribution in [0.1, 0.15) is 36.5 Å². The van der Waals surface area contributed by atoms with Gasteiger partial charge in [-0.3, -0.25) is 0 Å². The lowest BCUT2D eigenvalue weighted by molar-refractivity contribution is 0.381. The zero-order chi connectivity index (χ0) is 17.5. The number of benzene rings is 2. The summed E-state index contributed by atoms with van der Waals surface area (Å²) in [4.78, 5) is 0. The van der Waals surface area contributed by atoms with Gasteiger partial charge in [0.15, 0.2) is 0 Å². The molecule has 124 valence electrons. The highest BCUT2D eigenvalue weighted by Crippen LogP contribution is 2.38. The van der Waals surface area contributed by atoms with Crippen LogP contribution >= 0.6 is 0 Å². The second-order valence-corrected chi connectivity index (χ2v) is 5.91. The van der Waals surface area contributed by atoms with Crippen molar-refractivity contribution in [3.63, 3.8) is 0 Å². The number of allylic oxidation sites excluding steroid dienone is 2. The summed E-state index contributed by atoms with van der Waals surface area (Å²) in [5.74, 6) is 1.86. The van der Waals surface area contributed by atoms with Crippen LogP contribution in [0, 0.1) is 11.3 Å². The summed E-state index contributed by atoms with van der Waals surface area (Å²) in [5, 5.41) is 9.18. The van der Waals surface area contributed by atoms with E-state index in [2.05, 4.69) is 32.0 Å². The minimum Gasteiger partial charge on any atom is -0.496 e. The molecule has 0 radical (unpaired) electrons. The largest absolute Gasteiger partial charge is 0.496 e. The average Bonchev–Trinajstić information content (AvgIpc) is 2.60. The number of ether oxygens (including phenoxy) is 2. The third-order valence-electron chi connectivity index (χ3n) is 3.97. The first-order valence-electron chi connectivity index (χ1n) is 7.99. The molecule has 0 aliphatic heterocycles. The Morgan fingerprint density at radius 1 is 1.08 bits per heavy atom. The maximum absolute atomic E-state index is 9.18. The van der Waals surface area contributed by atoms with E-state index in [-0.39, 0.29) is 5.92 Å². The van der Waals surface area contributed by atoms with Crippen molar-refractivity contribution in [3.05, 3.63) is 65.2 Å². The predicted molar refractivity (Wildman–Crippen MR) is 97.4 cm³/mol. The summed E-state index contributed by atoms with van der Waals surface area (Å²) in [5.41, 5.74) is 4.08. The van der Waals surface area contributed by atoms with Gasteiger partial charge in [-0.1, -0.05) is 44.2 Å². The summed E-state index contributed by atoms with van der Waals surface area (Å²) in [6.07, 6.45) is 2.28. The number of nitriles is 1. The maximum Gasteiger partial charge on any atom is 0.126 e. The van der Waals surface area contributed by atoms with Crippen LogP contribution < -0.4 is 9.47 Å². The summed E-state index contributed by atoms with van der Waals surface area (Å²) >= 11 is 0. The Morgan fingerprint density at radius 2 is 1.67 bits per heavy atom. The van der Waals surface area contributed by atoms with Crippen molar-refractivity contribution in [2.45, 2.75) is 26.2 Å². The van der Waals surface area contributed by atoms with Crippen LogP contribution in [-0.2, 0) is 6.42 Å². The normalized spacial score (nSPS) is 11.2. The van der Waals surface area contributed by atoms with Crippen LogP contribution in [0.5, 0.6) is 11.5 Å². The Morgan fingerprint density at radius 3 is 2.12 bits per heavy atom. The number of nitrogens with zero attached hydrogens (tertiary/aromatic N) is 1. The van der Waals surface area contributed by atoms with Gasteiger partial charge in [0, 0.05) is 11.6 Å². The highest BCUT2D eigenvalue weighted by atomic mass is 16.5. The van der Waals surface area contributed by atoms with E-state index in [0.29, 0.717) is 6.42 Å². The predicted octanol–water partition coefficient (Wildman–Crippen LogP) is 4.98. The molecule has 0 unspecified atom stereocenters. The molecule has 0 aliphatic rings. The Hall–Kier alpha value is -2.73. The maximum atomic E-state index is 9.18. The van der Waals surface area contributed by atoms with E-state index in [1.807, 2.05) is 30.3 Å². The van der Waals surface area contributed by atoms with Gasteiger partial charge in [-0.25, -0.2) is 0 Å².